The summed E-state index contributed by atoms with van der Waals surface area (Å²) in [5.74, 6) is -0.637. The summed E-state index contributed by atoms with van der Waals surface area (Å²) in [6.45, 7) is 3.36. The zero-order valence-electron chi connectivity index (χ0n) is 13.9. The summed E-state index contributed by atoms with van der Waals surface area (Å²) < 4.78 is 4.88. The zero-order chi connectivity index (χ0) is 18.4. The highest BCUT2D eigenvalue weighted by Gasteiger charge is 2.62. The van der Waals surface area contributed by atoms with Crippen molar-refractivity contribution >= 4 is 23.6 Å². The summed E-state index contributed by atoms with van der Waals surface area (Å²) in [5, 5.41) is 20.8. The fourth-order valence-corrected chi connectivity index (χ4v) is 4.69. The molecule has 2 aliphatic heterocycles. The van der Waals surface area contributed by atoms with Crippen molar-refractivity contribution in [2.75, 3.05) is 6.79 Å². The van der Waals surface area contributed by atoms with Crippen molar-refractivity contribution in [3.63, 3.8) is 0 Å². The predicted molar refractivity (Wildman–Crippen MR) is 91.2 cm³/mol. The maximum Gasteiger partial charge on any atom is 0.251 e. The second-order valence-corrected chi connectivity index (χ2v) is 8.33. The fourth-order valence-electron chi connectivity index (χ4n) is 3.13. The number of nitrogens with two attached hydrogens (primary N) is 1. The van der Waals surface area contributed by atoms with Crippen molar-refractivity contribution in [1.29, 1.82) is 0 Å². The molecule has 0 saturated carbocycles. The normalized spacial score (nSPS) is 28.2. The van der Waals surface area contributed by atoms with E-state index < -0.39 is 35.8 Å². The van der Waals surface area contributed by atoms with Crippen LogP contribution in [0.15, 0.2) is 24.3 Å². The van der Waals surface area contributed by atoms with Gasteiger partial charge in [-0.25, -0.2) is 0 Å². The molecule has 0 bridgehead atoms. The minimum atomic E-state index is -0.939. The van der Waals surface area contributed by atoms with Gasteiger partial charge in [0.05, 0.1) is 4.75 Å². The van der Waals surface area contributed by atoms with Gasteiger partial charge in [0.1, 0.15) is 30.0 Å². The van der Waals surface area contributed by atoms with Gasteiger partial charge in [0.15, 0.2) is 6.23 Å². The first-order valence-electron chi connectivity index (χ1n) is 7.83. The number of fused-ring (bicyclic) bond motifs is 1. The third-order valence-corrected chi connectivity index (χ3v) is 5.97. The highest BCUT2D eigenvalue weighted by atomic mass is 32.2. The number of ether oxygens (including phenoxy) is 1. The Morgan fingerprint density at radius 1 is 1.44 bits per heavy atom. The van der Waals surface area contributed by atoms with Gasteiger partial charge in [0.2, 0.25) is 5.91 Å². The fraction of sp³-hybridized carbons (Fsp3) is 0.500. The van der Waals surface area contributed by atoms with E-state index in [9.17, 15) is 14.7 Å². The van der Waals surface area contributed by atoms with Crippen molar-refractivity contribution in [3.05, 3.63) is 29.8 Å². The monoisotopic (exact) mass is 367 g/mol. The number of thioether (sulfide) groups is 1. The molecule has 4 atom stereocenters. The highest BCUT2D eigenvalue weighted by molar-refractivity contribution is 8.01. The van der Waals surface area contributed by atoms with E-state index in [2.05, 4.69) is 5.32 Å². The number of benzene rings is 1. The minimum absolute atomic E-state index is 0.0840. The third kappa shape index (κ3) is 3.08. The summed E-state index contributed by atoms with van der Waals surface area (Å²) in [7, 11) is 0. The quantitative estimate of drug-likeness (QED) is 0.422. The van der Waals surface area contributed by atoms with E-state index in [1.54, 1.807) is 12.1 Å². The maximum atomic E-state index is 12.4. The second kappa shape index (κ2) is 6.49. The van der Waals surface area contributed by atoms with Crippen molar-refractivity contribution in [2.45, 2.75) is 42.3 Å². The van der Waals surface area contributed by atoms with Crippen LogP contribution in [0.1, 0.15) is 25.5 Å². The first-order valence-corrected chi connectivity index (χ1v) is 8.71. The number of aliphatic hydroxyl groups excluding tert-OH is 1. The van der Waals surface area contributed by atoms with Crippen LogP contribution in [0.3, 0.4) is 0 Å². The molecule has 3 rings (SSSR count). The number of hydrogen-bond acceptors (Lipinski definition) is 7. The van der Waals surface area contributed by atoms with Crippen LogP contribution in [0.2, 0.25) is 0 Å². The lowest BCUT2D eigenvalue weighted by molar-refractivity contribution is -0.179. The van der Waals surface area contributed by atoms with Crippen LogP contribution in [0.4, 0.5) is 0 Å². The molecule has 1 aromatic rings. The lowest BCUT2D eigenvalue weighted by atomic mass is 10.0. The average molecular weight is 367 g/mol. The molecule has 1 unspecified atom stereocenters. The number of hydrogen-bond donors (Lipinski definition) is 4. The van der Waals surface area contributed by atoms with Crippen LogP contribution < -0.4 is 11.1 Å². The molecule has 0 spiro atoms. The molecule has 136 valence electrons. The first-order chi connectivity index (χ1) is 11.8. The number of phenols is 1. The number of phenolic OH excluding ortho intramolecular Hbond substituents is 1. The Morgan fingerprint density at radius 2 is 2.08 bits per heavy atom. The van der Waals surface area contributed by atoms with Gasteiger partial charge >= 0.3 is 0 Å². The molecule has 2 heterocycles. The lowest BCUT2D eigenvalue weighted by Gasteiger charge is -2.44. The highest BCUT2D eigenvalue weighted by Crippen LogP contribution is 2.51. The predicted octanol–water partition coefficient (Wildman–Crippen LogP) is -0.137. The maximum absolute atomic E-state index is 12.4. The lowest BCUT2D eigenvalue weighted by Crippen LogP contribution is -2.70. The van der Waals surface area contributed by atoms with Crippen LogP contribution in [-0.4, -0.2) is 56.1 Å². The third-order valence-electron chi connectivity index (χ3n) is 4.42. The summed E-state index contributed by atoms with van der Waals surface area (Å²) in [5.41, 5.74) is 6.48. The van der Waals surface area contributed by atoms with Crippen LogP contribution in [0, 0.1) is 0 Å². The average Bonchev–Trinajstić information content (AvgIpc) is 2.81. The van der Waals surface area contributed by atoms with Crippen molar-refractivity contribution in [3.8, 4) is 5.75 Å². The van der Waals surface area contributed by atoms with E-state index in [0.717, 1.165) is 0 Å². The molecule has 2 amide bonds. The Hall–Kier alpha value is -1.81. The molecule has 2 fully saturated rings. The number of aromatic hydroxyl groups is 1. The molecular weight excluding hydrogens is 346 g/mol. The Morgan fingerprint density at radius 3 is 2.68 bits per heavy atom. The van der Waals surface area contributed by atoms with E-state index in [-0.39, 0.29) is 17.0 Å². The van der Waals surface area contributed by atoms with Crippen molar-refractivity contribution < 1.29 is 24.5 Å². The number of nitrogens with zero attached hydrogens (tertiary/aromatic N) is 1. The Labute approximate surface area is 149 Å². The van der Waals surface area contributed by atoms with E-state index in [1.165, 1.54) is 28.8 Å². The van der Waals surface area contributed by atoms with Gasteiger partial charge in [-0.1, -0.05) is 12.1 Å². The molecular formula is C16H21N3O5S. The van der Waals surface area contributed by atoms with Gasteiger partial charge in [-0.05, 0) is 31.5 Å². The van der Waals surface area contributed by atoms with E-state index >= 15 is 0 Å². The Kier molecular flexibility index (Phi) is 4.67. The van der Waals surface area contributed by atoms with Gasteiger partial charge in [0, 0.05) is 0 Å². The number of rotatable bonds is 5. The van der Waals surface area contributed by atoms with Crippen LogP contribution in [0.5, 0.6) is 5.75 Å². The number of aliphatic hydroxyl groups is 1. The summed E-state index contributed by atoms with van der Waals surface area (Å²) in [6.07, 6.45) is -0.543. The van der Waals surface area contributed by atoms with Gasteiger partial charge in [0.25, 0.3) is 5.91 Å². The molecule has 0 aliphatic carbocycles. The molecule has 25 heavy (non-hydrogen) atoms. The summed E-state index contributed by atoms with van der Waals surface area (Å²) in [4.78, 5) is 26.3. The van der Waals surface area contributed by atoms with Crippen molar-refractivity contribution in [2.24, 2.45) is 5.73 Å². The Balaban J connectivity index is 1.67. The van der Waals surface area contributed by atoms with Gasteiger partial charge in [-0.2, -0.15) is 0 Å². The summed E-state index contributed by atoms with van der Waals surface area (Å²) in [6, 6.07) is 4.41. The molecule has 1 aromatic carbocycles. The zero-order valence-corrected chi connectivity index (χ0v) is 14.7. The molecule has 0 aromatic heterocycles. The molecule has 5 N–H and O–H groups in total. The van der Waals surface area contributed by atoms with Crippen LogP contribution in [-0.2, 0) is 14.3 Å². The molecule has 8 nitrogen and oxygen atoms in total. The SMILES string of the molecule is CC1(C)SC2[C@@H](NC(=O)[C@H](N)c3ccc(O)cc3)C(=O)N2[C@@H]1OCO. The van der Waals surface area contributed by atoms with E-state index in [0.29, 0.717) is 5.56 Å². The molecule has 2 aliphatic rings. The second-order valence-electron chi connectivity index (χ2n) is 6.56. The standard InChI is InChI=1S/C16H21N3O5S/c1-16(2)15(24-7-20)19-13(23)11(14(19)25-16)18-12(22)10(17)8-3-5-9(21)6-4-8/h3-6,10-11,14-15,20-21H,7,17H2,1-2H3,(H,18,22)/t10-,11+,14?,15-/m1/s1. The summed E-state index contributed by atoms with van der Waals surface area (Å²) >= 11 is 1.51. The van der Waals surface area contributed by atoms with Crippen molar-refractivity contribution in [1.82, 2.24) is 10.2 Å². The molecule has 9 heteroatoms. The topological polar surface area (TPSA) is 125 Å². The number of carbonyl (C=O) groups excluding carboxylic acids is 2. The number of amides is 2. The van der Waals surface area contributed by atoms with Crippen LogP contribution >= 0.6 is 11.8 Å². The smallest absolute Gasteiger partial charge is 0.251 e. The van der Waals surface area contributed by atoms with E-state index in [1.807, 2.05) is 13.8 Å². The number of nitrogens with one attached hydrogen (secondary N) is 1. The number of β-lactam (4-membered cyclic amide) rings is 1. The minimum Gasteiger partial charge on any atom is -0.508 e. The largest absolute Gasteiger partial charge is 0.508 e. The van der Waals surface area contributed by atoms with Gasteiger partial charge in [-0.3, -0.25) is 14.5 Å². The first kappa shape index (κ1) is 18.0. The van der Waals surface area contributed by atoms with Gasteiger partial charge in [-0.15, -0.1) is 11.8 Å². The Bertz CT molecular complexity index is 681. The van der Waals surface area contributed by atoms with E-state index in [4.69, 9.17) is 15.6 Å². The molecule has 2 saturated heterocycles. The number of carbonyl (C=O) groups is 2. The van der Waals surface area contributed by atoms with Crippen LogP contribution in [0.25, 0.3) is 0 Å². The van der Waals surface area contributed by atoms with Gasteiger partial charge < -0.3 is 26.0 Å². The molecule has 0 radical (unpaired) electrons.